The van der Waals surface area contributed by atoms with Crippen molar-refractivity contribution >= 4 is 0 Å². The van der Waals surface area contributed by atoms with Crippen LogP contribution in [0.15, 0.2) is 18.2 Å². The second-order valence-corrected chi connectivity index (χ2v) is 9.85. The molecule has 0 amide bonds. The third-order valence-corrected chi connectivity index (χ3v) is 7.78. The van der Waals surface area contributed by atoms with Gasteiger partial charge in [0, 0.05) is 5.56 Å². The first kappa shape index (κ1) is 23.8. The molecule has 0 radical (unpaired) electrons. The van der Waals surface area contributed by atoms with E-state index in [-0.39, 0.29) is 29.9 Å². The number of fused-ring (bicyclic) bond motifs is 1. The molecule has 2 aromatic carbocycles. The van der Waals surface area contributed by atoms with E-state index in [1.165, 1.54) is 37.8 Å². The third-order valence-electron chi connectivity index (χ3n) is 7.78. The predicted octanol–water partition coefficient (Wildman–Crippen LogP) is 8.24. The Bertz CT molecular complexity index is 1020. The highest BCUT2D eigenvalue weighted by Gasteiger charge is 2.31. The first-order valence-electron chi connectivity index (χ1n) is 12.3. The SMILES string of the molecule is CCCCCC1CCC(c2cc(F)c(C3CCc4c(cc(F)c(C#N)c4F)C3)c(F)c2)CC1. The van der Waals surface area contributed by atoms with Crippen molar-refractivity contribution in [3.8, 4) is 6.07 Å². The summed E-state index contributed by atoms with van der Waals surface area (Å²) in [5.74, 6) is -2.44. The highest BCUT2D eigenvalue weighted by molar-refractivity contribution is 5.44. The van der Waals surface area contributed by atoms with E-state index in [1.807, 2.05) is 0 Å². The Labute approximate surface area is 193 Å². The van der Waals surface area contributed by atoms with Gasteiger partial charge in [-0.05, 0) is 97.6 Å². The fraction of sp³-hybridized carbons (Fsp3) is 0.536. The summed E-state index contributed by atoms with van der Waals surface area (Å²) in [5.41, 5.74) is 0.839. The molecule has 0 N–H and O–H groups in total. The molecule has 1 atom stereocenters. The van der Waals surface area contributed by atoms with Crippen LogP contribution in [0.5, 0.6) is 0 Å². The van der Waals surface area contributed by atoms with Crippen molar-refractivity contribution in [2.45, 2.75) is 89.4 Å². The van der Waals surface area contributed by atoms with Crippen LogP contribution in [0, 0.1) is 40.5 Å². The molecule has 0 spiro atoms. The van der Waals surface area contributed by atoms with Crippen molar-refractivity contribution in [2.24, 2.45) is 5.92 Å². The van der Waals surface area contributed by atoms with E-state index in [0.717, 1.165) is 43.2 Å². The molecule has 2 aromatic rings. The maximum atomic E-state index is 15.2. The smallest absolute Gasteiger partial charge is 0.147 e. The van der Waals surface area contributed by atoms with E-state index < -0.39 is 34.8 Å². The zero-order valence-electron chi connectivity index (χ0n) is 19.2. The minimum atomic E-state index is -0.920. The van der Waals surface area contributed by atoms with Gasteiger partial charge < -0.3 is 0 Å². The summed E-state index contributed by atoms with van der Waals surface area (Å²) < 4.78 is 58.9. The second kappa shape index (κ2) is 10.3. The number of unbranched alkanes of at least 4 members (excludes halogenated alkanes) is 2. The number of nitriles is 1. The van der Waals surface area contributed by atoms with Crippen LogP contribution >= 0.6 is 0 Å². The molecule has 2 aliphatic rings. The van der Waals surface area contributed by atoms with Crippen LogP contribution in [0.1, 0.15) is 104 Å². The lowest BCUT2D eigenvalue weighted by Gasteiger charge is -2.30. The fourth-order valence-corrected chi connectivity index (χ4v) is 5.89. The van der Waals surface area contributed by atoms with Crippen molar-refractivity contribution < 1.29 is 17.6 Å². The standard InChI is InChI=1S/C28H31F4N/c1-2-3-4-5-17-6-8-18(9-7-17)20-13-25(30)27(26(31)14-20)19-10-11-22-21(12-19)15-24(29)23(16-33)28(22)32/h13-15,17-19H,2-12H2,1H3. The lowest BCUT2D eigenvalue weighted by atomic mass is 9.75. The largest absolute Gasteiger partial charge is 0.207 e. The monoisotopic (exact) mass is 457 g/mol. The summed E-state index contributed by atoms with van der Waals surface area (Å²) in [6, 6.07) is 5.67. The van der Waals surface area contributed by atoms with Crippen LogP contribution in [0.25, 0.3) is 0 Å². The van der Waals surface area contributed by atoms with Gasteiger partial charge in [0.2, 0.25) is 0 Å². The Hall–Kier alpha value is -2.35. The summed E-state index contributed by atoms with van der Waals surface area (Å²) >= 11 is 0. The van der Waals surface area contributed by atoms with Gasteiger partial charge in [-0.1, -0.05) is 32.6 Å². The van der Waals surface area contributed by atoms with Crippen LogP contribution in [-0.2, 0) is 12.8 Å². The van der Waals surface area contributed by atoms with Crippen LogP contribution in [0.3, 0.4) is 0 Å². The van der Waals surface area contributed by atoms with Gasteiger partial charge >= 0.3 is 0 Å². The summed E-state index contributed by atoms with van der Waals surface area (Å²) in [6.07, 6.45) is 9.89. The molecule has 5 heteroatoms. The summed E-state index contributed by atoms with van der Waals surface area (Å²) in [6.45, 7) is 2.21. The topological polar surface area (TPSA) is 23.8 Å². The third kappa shape index (κ3) is 4.95. The lowest BCUT2D eigenvalue weighted by molar-refractivity contribution is 0.302. The molecular formula is C28H31F4N. The molecule has 2 aliphatic carbocycles. The van der Waals surface area contributed by atoms with Crippen molar-refractivity contribution in [3.63, 3.8) is 0 Å². The van der Waals surface area contributed by atoms with Crippen molar-refractivity contribution in [1.29, 1.82) is 5.26 Å². The molecule has 0 bridgehead atoms. The normalized spacial score (nSPS) is 22.6. The van der Waals surface area contributed by atoms with Crippen LogP contribution in [0.2, 0.25) is 0 Å². The van der Waals surface area contributed by atoms with Gasteiger partial charge in [0.1, 0.15) is 34.9 Å². The van der Waals surface area contributed by atoms with Gasteiger partial charge in [-0.3, -0.25) is 0 Å². The first-order chi connectivity index (χ1) is 15.9. The number of hydrogen-bond donors (Lipinski definition) is 0. The van der Waals surface area contributed by atoms with E-state index in [1.54, 1.807) is 6.07 Å². The zero-order valence-corrected chi connectivity index (χ0v) is 19.2. The minimum Gasteiger partial charge on any atom is -0.207 e. The van der Waals surface area contributed by atoms with E-state index in [0.29, 0.717) is 12.0 Å². The van der Waals surface area contributed by atoms with Crippen LogP contribution in [-0.4, -0.2) is 0 Å². The summed E-state index contributed by atoms with van der Waals surface area (Å²) in [7, 11) is 0. The molecule has 1 saturated carbocycles. The predicted molar refractivity (Wildman–Crippen MR) is 121 cm³/mol. The van der Waals surface area contributed by atoms with Gasteiger partial charge in [0.25, 0.3) is 0 Å². The van der Waals surface area contributed by atoms with Crippen LogP contribution < -0.4 is 0 Å². The number of rotatable bonds is 6. The Kier molecular flexibility index (Phi) is 7.41. The molecule has 33 heavy (non-hydrogen) atoms. The van der Waals surface area contributed by atoms with Crippen molar-refractivity contribution in [1.82, 2.24) is 0 Å². The van der Waals surface area contributed by atoms with E-state index in [2.05, 4.69) is 6.92 Å². The summed E-state index contributed by atoms with van der Waals surface area (Å²) in [5, 5.41) is 8.97. The fourth-order valence-electron chi connectivity index (χ4n) is 5.89. The molecular weight excluding hydrogens is 426 g/mol. The first-order valence-corrected chi connectivity index (χ1v) is 12.3. The Morgan fingerprint density at radius 2 is 1.58 bits per heavy atom. The van der Waals surface area contributed by atoms with E-state index in [4.69, 9.17) is 5.26 Å². The van der Waals surface area contributed by atoms with Gasteiger partial charge in [0.05, 0.1) is 0 Å². The minimum absolute atomic E-state index is 0.0165. The molecule has 0 aromatic heterocycles. The number of nitrogens with zero attached hydrogens (tertiary/aromatic N) is 1. The average Bonchev–Trinajstić information content (AvgIpc) is 2.79. The Balaban J connectivity index is 1.48. The van der Waals surface area contributed by atoms with Gasteiger partial charge in [-0.25, -0.2) is 17.6 Å². The average molecular weight is 458 g/mol. The van der Waals surface area contributed by atoms with Crippen molar-refractivity contribution in [2.75, 3.05) is 0 Å². The van der Waals surface area contributed by atoms with Crippen LogP contribution in [0.4, 0.5) is 17.6 Å². The van der Waals surface area contributed by atoms with Gasteiger partial charge in [-0.2, -0.15) is 5.26 Å². The quantitative estimate of drug-likeness (QED) is 0.316. The second-order valence-electron chi connectivity index (χ2n) is 9.85. The molecule has 4 rings (SSSR count). The molecule has 1 fully saturated rings. The molecule has 0 aliphatic heterocycles. The maximum absolute atomic E-state index is 15.2. The molecule has 0 heterocycles. The van der Waals surface area contributed by atoms with Gasteiger partial charge in [-0.15, -0.1) is 0 Å². The Morgan fingerprint density at radius 1 is 0.879 bits per heavy atom. The zero-order chi connectivity index (χ0) is 23.5. The molecule has 0 saturated heterocycles. The number of halogens is 4. The molecule has 176 valence electrons. The molecule has 1 nitrogen and oxygen atoms in total. The lowest BCUT2D eigenvalue weighted by Crippen LogP contribution is -2.19. The highest BCUT2D eigenvalue weighted by atomic mass is 19.1. The molecule has 1 unspecified atom stereocenters. The Morgan fingerprint density at radius 3 is 2.21 bits per heavy atom. The highest BCUT2D eigenvalue weighted by Crippen LogP contribution is 2.41. The maximum Gasteiger partial charge on any atom is 0.147 e. The summed E-state index contributed by atoms with van der Waals surface area (Å²) in [4.78, 5) is 0. The van der Waals surface area contributed by atoms with Crippen molar-refractivity contribution in [3.05, 3.63) is 69.3 Å². The number of benzene rings is 2. The number of hydrogen-bond acceptors (Lipinski definition) is 1. The van der Waals surface area contributed by atoms with E-state index in [9.17, 15) is 8.78 Å². The van der Waals surface area contributed by atoms with Gasteiger partial charge in [0.15, 0.2) is 0 Å². The van der Waals surface area contributed by atoms with E-state index >= 15 is 8.78 Å².